The Morgan fingerprint density at radius 1 is 0.906 bits per heavy atom. The van der Waals surface area contributed by atoms with Gasteiger partial charge >= 0.3 is 5.69 Å². The van der Waals surface area contributed by atoms with Crippen LogP contribution in [0.1, 0.15) is 12.0 Å². The SMILES string of the molecule is O=c1nc2oc3cc4c(cc3cc2c2nc3ccccc3n12)CCCN4c1ccccc1. The second kappa shape index (κ2) is 6.40. The first kappa shape index (κ1) is 17.5. The molecule has 0 aliphatic carbocycles. The molecule has 3 aromatic heterocycles. The molecule has 6 aromatic rings. The molecule has 0 saturated carbocycles. The van der Waals surface area contributed by atoms with Gasteiger partial charge in [0.15, 0.2) is 5.65 Å². The molecule has 4 heterocycles. The van der Waals surface area contributed by atoms with Crippen LogP contribution in [-0.4, -0.2) is 20.9 Å². The Labute approximate surface area is 182 Å². The lowest BCUT2D eigenvalue weighted by Crippen LogP contribution is -2.24. The van der Waals surface area contributed by atoms with Crippen LogP contribution in [0.2, 0.25) is 0 Å². The number of rotatable bonds is 1. The quantitative estimate of drug-likeness (QED) is 0.342. The Morgan fingerprint density at radius 2 is 1.75 bits per heavy atom. The summed E-state index contributed by atoms with van der Waals surface area (Å²) >= 11 is 0. The van der Waals surface area contributed by atoms with E-state index in [2.05, 4.69) is 46.3 Å². The topological polar surface area (TPSA) is 63.6 Å². The van der Waals surface area contributed by atoms with Crippen LogP contribution in [0.25, 0.3) is 38.7 Å². The summed E-state index contributed by atoms with van der Waals surface area (Å²) in [6.07, 6.45) is 2.11. The molecule has 0 fully saturated rings. The largest absolute Gasteiger partial charge is 0.437 e. The van der Waals surface area contributed by atoms with E-state index in [1.165, 1.54) is 11.3 Å². The minimum Gasteiger partial charge on any atom is -0.437 e. The van der Waals surface area contributed by atoms with Gasteiger partial charge in [-0.3, -0.25) is 0 Å². The molecule has 0 atom stereocenters. The highest BCUT2D eigenvalue weighted by molar-refractivity contribution is 5.99. The zero-order chi connectivity index (χ0) is 21.2. The molecule has 1 aliphatic heterocycles. The van der Waals surface area contributed by atoms with Crippen LogP contribution in [0.3, 0.4) is 0 Å². The fourth-order valence-corrected chi connectivity index (χ4v) is 4.87. The molecule has 0 saturated heterocycles. The van der Waals surface area contributed by atoms with Gasteiger partial charge in [0.2, 0.25) is 5.71 Å². The molecule has 0 spiro atoms. The van der Waals surface area contributed by atoms with E-state index >= 15 is 0 Å². The van der Waals surface area contributed by atoms with E-state index in [9.17, 15) is 4.79 Å². The van der Waals surface area contributed by atoms with Gasteiger partial charge in [0.25, 0.3) is 0 Å². The summed E-state index contributed by atoms with van der Waals surface area (Å²) in [6, 6.07) is 24.3. The van der Waals surface area contributed by atoms with Gasteiger partial charge in [-0.2, -0.15) is 4.98 Å². The van der Waals surface area contributed by atoms with E-state index in [1.54, 1.807) is 4.40 Å². The molecule has 6 nitrogen and oxygen atoms in total. The van der Waals surface area contributed by atoms with Crippen molar-refractivity contribution in [3.8, 4) is 0 Å². The van der Waals surface area contributed by atoms with Crippen molar-refractivity contribution in [2.24, 2.45) is 0 Å². The molecule has 1 aliphatic rings. The average Bonchev–Trinajstić information content (AvgIpc) is 3.23. The van der Waals surface area contributed by atoms with E-state index in [0.717, 1.165) is 46.9 Å². The summed E-state index contributed by atoms with van der Waals surface area (Å²) in [5.41, 5.74) is 6.35. The Bertz CT molecular complexity index is 1730. The van der Waals surface area contributed by atoms with Crippen LogP contribution < -0.4 is 10.6 Å². The standard InChI is InChI=1S/C26H18N4O2/c31-26-28-25-19(24-27-20-10-4-5-11-21(20)30(24)26)14-17-13-16-7-6-12-29(18-8-2-1-3-9-18)22(16)15-23(17)32-25/h1-5,8-11,13-15H,6-7,12H2. The van der Waals surface area contributed by atoms with Gasteiger partial charge in [0, 0.05) is 29.4 Å². The number of benzene rings is 3. The summed E-state index contributed by atoms with van der Waals surface area (Å²) < 4.78 is 7.75. The predicted octanol–water partition coefficient (Wildman–Crippen LogP) is 5.23. The number of imidazole rings is 1. The van der Waals surface area contributed by atoms with Crippen molar-refractivity contribution in [1.29, 1.82) is 0 Å². The summed E-state index contributed by atoms with van der Waals surface area (Å²) in [5.74, 6) is 0. The number of aromatic nitrogens is 3. The van der Waals surface area contributed by atoms with E-state index in [-0.39, 0.29) is 5.69 Å². The van der Waals surface area contributed by atoms with Crippen LogP contribution in [0.5, 0.6) is 0 Å². The molecule has 154 valence electrons. The Balaban J connectivity index is 1.51. The van der Waals surface area contributed by atoms with Crippen molar-refractivity contribution in [2.45, 2.75) is 12.8 Å². The zero-order valence-corrected chi connectivity index (χ0v) is 17.2. The Morgan fingerprint density at radius 3 is 2.66 bits per heavy atom. The zero-order valence-electron chi connectivity index (χ0n) is 17.2. The number of hydrogen-bond donors (Lipinski definition) is 0. The van der Waals surface area contributed by atoms with E-state index in [4.69, 9.17) is 9.40 Å². The fraction of sp³-hybridized carbons (Fsp3) is 0.115. The Kier molecular flexibility index (Phi) is 3.50. The smallest absolute Gasteiger partial charge is 0.357 e. The lowest BCUT2D eigenvalue weighted by atomic mass is 9.98. The lowest BCUT2D eigenvalue weighted by Gasteiger charge is -2.31. The van der Waals surface area contributed by atoms with E-state index < -0.39 is 0 Å². The van der Waals surface area contributed by atoms with Crippen LogP contribution >= 0.6 is 0 Å². The van der Waals surface area contributed by atoms with Gasteiger partial charge in [-0.15, -0.1) is 0 Å². The van der Waals surface area contributed by atoms with Crippen molar-refractivity contribution in [2.75, 3.05) is 11.4 Å². The molecule has 0 amide bonds. The first-order chi connectivity index (χ1) is 15.8. The molecule has 32 heavy (non-hydrogen) atoms. The molecule has 0 bridgehead atoms. The summed E-state index contributed by atoms with van der Waals surface area (Å²) in [4.78, 5) is 24.1. The first-order valence-electron chi connectivity index (χ1n) is 10.8. The molecule has 6 heteroatoms. The minimum absolute atomic E-state index is 0.312. The van der Waals surface area contributed by atoms with Gasteiger partial charge in [0.1, 0.15) is 5.58 Å². The Hall–Kier alpha value is -4.19. The minimum atomic E-state index is -0.381. The molecule has 3 aromatic carbocycles. The molecule has 0 radical (unpaired) electrons. The van der Waals surface area contributed by atoms with Gasteiger partial charge in [-0.25, -0.2) is 14.2 Å². The normalized spacial score (nSPS) is 13.9. The first-order valence-corrected chi connectivity index (χ1v) is 10.8. The van der Waals surface area contributed by atoms with Crippen molar-refractivity contribution in [3.05, 3.63) is 88.8 Å². The maximum atomic E-state index is 12.8. The van der Waals surface area contributed by atoms with Crippen molar-refractivity contribution < 1.29 is 4.42 Å². The molecular formula is C26H18N4O2. The van der Waals surface area contributed by atoms with Crippen LogP contribution in [0.15, 0.2) is 82.0 Å². The van der Waals surface area contributed by atoms with Crippen LogP contribution in [0, 0.1) is 0 Å². The highest BCUT2D eigenvalue weighted by atomic mass is 16.3. The highest BCUT2D eigenvalue weighted by Crippen LogP contribution is 2.37. The number of para-hydroxylation sites is 3. The van der Waals surface area contributed by atoms with Crippen molar-refractivity contribution in [1.82, 2.24) is 14.4 Å². The van der Waals surface area contributed by atoms with E-state index in [0.29, 0.717) is 16.9 Å². The summed E-state index contributed by atoms with van der Waals surface area (Å²) in [7, 11) is 0. The average molecular weight is 418 g/mol. The fourth-order valence-electron chi connectivity index (χ4n) is 4.87. The van der Waals surface area contributed by atoms with Gasteiger partial charge < -0.3 is 9.32 Å². The monoisotopic (exact) mass is 418 g/mol. The molecular weight excluding hydrogens is 400 g/mol. The maximum Gasteiger partial charge on any atom is 0.357 e. The second-order valence-electron chi connectivity index (χ2n) is 8.23. The molecule has 7 rings (SSSR count). The van der Waals surface area contributed by atoms with Crippen molar-refractivity contribution >= 4 is 50.1 Å². The van der Waals surface area contributed by atoms with Gasteiger partial charge in [-0.05, 0) is 54.8 Å². The van der Waals surface area contributed by atoms with E-state index in [1.807, 2.05) is 36.4 Å². The van der Waals surface area contributed by atoms with Crippen LogP contribution in [-0.2, 0) is 6.42 Å². The highest BCUT2D eigenvalue weighted by Gasteiger charge is 2.21. The third-order valence-corrected chi connectivity index (χ3v) is 6.32. The molecule has 0 N–H and O–H groups in total. The number of hydrogen-bond acceptors (Lipinski definition) is 5. The maximum absolute atomic E-state index is 12.8. The number of aryl methyl sites for hydroxylation is 1. The summed E-state index contributed by atoms with van der Waals surface area (Å²) in [6.45, 7) is 0.959. The second-order valence-corrected chi connectivity index (χ2v) is 8.23. The predicted molar refractivity (Wildman–Crippen MR) is 126 cm³/mol. The number of nitrogens with zero attached hydrogens (tertiary/aromatic N) is 4. The summed E-state index contributed by atoms with van der Waals surface area (Å²) in [5, 5.41) is 1.73. The molecule has 0 unspecified atom stereocenters. The van der Waals surface area contributed by atoms with Crippen molar-refractivity contribution in [3.63, 3.8) is 0 Å². The van der Waals surface area contributed by atoms with Crippen LogP contribution in [0.4, 0.5) is 11.4 Å². The lowest BCUT2D eigenvalue weighted by molar-refractivity contribution is 0.640. The third kappa shape index (κ3) is 2.43. The van der Waals surface area contributed by atoms with Gasteiger partial charge in [-0.1, -0.05) is 30.3 Å². The third-order valence-electron chi connectivity index (χ3n) is 6.32. The van der Waals surface area contributed by atoms with Gasteiger partial charge in [0.05, 0.1) is 16.4 Å². The number of fused-ring (bicyclic) bond motifs is 7. The number of anilines is 2.